The number of hydrogen-bond acceptors (Lipinski definition) is 5. The molecule has 0 aromatic heterocycles. The first-order valence-electron chi connectivity index (χ1n) is 8.19. The van der Waals surface area contributed by atoms with Crippen molar-refractivity contribution >= 4 is 11.4 Å². The van der Waals surface area contributed by atoms with E-state index in [4.69, 9.17) is 0 Å². The van der Waals surface area contributed by atoms with E-state index in [2.05, 4.69) is 25.4 Å². The lowest BCUT2D eigenvalue weighted by Gasteiger charge is -2.33. The smallest absolute Gasteiger partial charge is 0.156 e. The largest absolute Gasteiger partial charge is 0.280 e. The molecule has 25 heavy (non-hydrogen) atoms. The molecular formula is C20H21N5. The minimum absolute atomic E-state index is 0.498. The molecule has 126 valence electrons. The van der Waals surface area contributed by atoms with Crippen LogP contribution in [0.5, 0.6) is 0 Å². The van der Waals surface area contributed by atoms with Crippen molar-refractivity contribution in [3.63, 3.8) is 0 Å². The number of allylic oxidation sites excluding steroid dienone is 1. The van der Waals surface area contributed by atoms with Crippen molar-refractivity contribution in [2.45, 2.75) is 12.1 Å². The van der Waals surface area contributed by atoms with Crippen molar-refractivity contribution in [1.29, 1.82) is 0 Å². The van der Waals surface area contributed by atoms with Crippen LogP contribution in [0.3, 0.4) is 0 Å². The normalized spacial score (nSPS) is 20.5. The van der Waals surface area contributed by atoms with Crippen LogP contribution in [0.2, 0.25) is 0 Å². The van der Waals surface area contributed by atoms with Crippen molar-refractivity contribution in [2.75, 3.05) is 14.1 Å². The summed E-state index contributed by atoms with van der Waals surface area (Å²) in [4.78, 5) is 2.05. The lowest BCUT2D eigenvalue weighted by Crippen LogP contribution is -2.40. The molecule has 0 radical (unpaired) electrons. The fourth-order valence-corrected chi connectivity index (χ4v) is 2.43. The lowest BCUT2D eigenvalue weighted by molar-refractivity contribution is 0.208. The molecule has 0 saturated heterocycles. The standard InChI is InChI=1S/C20H21N5/c1-25(2)20(24-23-18-11-7-4-8-12-18)15-13-19(14-16-20)22-21-17-9-5-3-6-10-17/h3-15H,16H2,1-2H3. The molecule has 2 aromatic rings. The maximum Gasteiger partial charge on any atom is 0.156 e. The predicted molar refractivity (Wildman–Crippen MR) is 100 cm³/mol. The summed E-state index contributed by atoms with van der Waals surface area (Å²) < 4.78 is 0. The van der Waals surface area contributed by atoms with Gasteiger partial charge >= 0.3 is 0 Å². The van der Waals surface area contributed by atoms with Gasteiger partial charge in [-0.3, -0.25) is 4.90 Å². The Morgan fingerprint density at radius 1 is 0.800 bits per heavy atom. The number of likely N-dealkylation sites (N-methyl/N-ethyl adjacent to an activating group) is 1. The molecule has 2 aromatic carbocycles. The second kappa shape index (κ2) is 7.77. The lowest BCUT2D eigenvalue weighted by atomic mass is 9.99. The highest BCUT2D eigenvalue weighted by Gasteiger charge is 2.31. The number of hydrogen-bond donors (Lipinski definition) is 0. The van der Waals surface area contributed by atoms with Crippen molar-refractivity contribution in [1.82, 2.24) is 4.90 Å². The van der Waals surface area contributed by atoms with Crippen molar-refractivity contribution in [3.05, 3.63) is 84.6 Å². The predicted octanol–water partition coefficient (Wildman–Crippen LogP) is 5.66. The van der Waals surface area contributed by atoms with Crippen molar-refractivity contribution in [2.24, 2.45) is 20.5 Å². The summed E-state index contributed by atoms with van der Waals surface area (Å²) in [6, 6.07) is 19.5. The van der Waals surface area contributed by atoms with E-state index in [1.165, 1.54) is 0 Å². The average molecular weight is 331 g/mol. The molecule has 0 fully saturated rings. The van der Waals surface area contributed by atoms with Crippen LogP contribution in [0.25, 0.3) is 0 Å². The minimum Gasteiger partial charge on any atom is -0.280 e. The molecule has 1 atom stereocenters. The molecule has 1 aliphatic rings. The summed E-state index contributed by atoms with van der Waals surface area (Å²) >= 11 is 0. The highest BCUT2D eigenvalue weighted by atomic mass is 15.3. The summed E-state index contributed by atoms with van der Waals surface area (Å²) in [5, 5.41) is 17.5. The Labute approximate surface area is 148 Å². The quantitative estimate of drug-likeness (QED) is 0.653. The minimum atomic E-state index is -0.498. The second-order valence-electron chi connectivity index (χ2n) is 6.01. The highest BCUT2D eigenvalue weighted by Crippen LogP contribution is 2.30. The molecule has 0 aliphatic heterocycles. The van der Waals surface area contributed by atoms with Gasteiger partial charge in [-0.1, -0.05) is 42.5 Å². The maximum atomic E-state index is 4.58. The topological polar surface area (TPSA) is 52.7 Å². The Hall–Kier alpha value is -2.92. The van der Waals surface area contributed by atoms with Crippen LogP contribution in [-0.4, -0.2) is 24.7 Å². The van der Waals surface area contributed by atoms with E-state index in [9.17, 15) is 0 Å². The third-order valence-corrected chi connectivity index (χ3v) is 4.04. The van der Waals surface area contributed by atoms with E-state index in [0.717, 1.165) is 17.1 Å². The molecule has 1 aliphatic carbocycles. The number of benzene rings is 2. The molecule has 5 heteroatoms. The molecule has 3 rings (SSSR count). The molecule has 0 saturated carbocycles. The first kappa shape index (κ1) is 16.9. The van der Waals surface area contributed by atoms with Crippen LogP contribution in [0, 0.1) is 0 Å². The Kier molecular flexibility index (Phi) is 5.26. The van der Waals surface area contributed by atoms with Gasteiger partial charge in [-0.2, -0.15) is 20.5 Å². The fraction of sp³-hybridized carbons (Fsp3) is 0.200. The zero-order valence-electron chi connectivity index (χ0n) is 14.4. The van der Waals surface area contributed by atoms with E-state index >= 15 is 0 Å². The molecule has 0 N–H and O–H groups in total. The van der Waals surface area contributed by atoms with Crippen LogP contribution in [0.1, 0.15) is 6.42 Å². The zero-order valence-corrected chi connectivity index (χ0v) is 14.4. The number of rotatable bonds is 5. The van der Waals surface area contributed by atoms with Crippen LogP contribution >= 0.6 is 0 Å². The van der Waals surface area contributed by atoms with Crippen molar-refractivity contribution in [3.8, 4) is 0 Å². The number of nitrogens with zero attached hydrogens (tertiary/aromatic N) is 5. The monoisotopic (exact) mass is 331 g/mol. The Morgan fingerprint density at radius 2 is 1.40 bits per heavy atom. The summed E-state index contributed by atoms with van der Waals surface area (Å²) in [6.07, 6.45) is 6.70. The van der Waals surface area contributed by atoms with E-state index < -0.39 is 5.66 Å². The van der Waals surface area contributed by atoms with Gasteiger partial charge in [-0.05, 0) is 50.5 Å². The molecule has 0 bridgehead atoms. The molecule has 0 amide bonds. The first-order chi connectivity index (χ1) is 12.2. The van der Waals surface area contributed by atoms with E-state index in [1.807, 2.05) is 93.0 Å². The van der Waals surface area contributed by atoms with Crippen molar-refractivity contribution < 1.29 is 0 Å². The van der Waals surface area contributed by atoms with E-state index in [0.29, 0.717) is 6.42 Å². The van der Waals surface area contributed by atoms with Crippen LogP contribution in [-0.2, 0) is 0 Å². The highest BCUT2D eigenvalue weighted by molar-refractivity contribution is 5.37. The van der Waals surface area contributed by atoms with Crippen LogP contribution < -0.4 is 0 Å². The van der Waals surface area contributed by atoms with Gasteiger partial charge in [0.1, 0.15) is 0 Å². The molecule has 0 heterocycles. The summed E-state index contributed by atoms with van der Waals surface area (Å²) in [7, 11) is 4.00. The SMILES string of the molecule is CN(C)C1(N=Nc2ccccc2)C=CC(N=Nc2ccccc2)=CC1. The fourth-order valence-electron chi connectivity index (χ4n) is 2.43. The molecular weight excluding hydrogens is 310 g/mol. The second-order valence-corrected chi connectivity index (χ2v) is 6.01. The Balaban J connectivity index is 1.74. The van der Waals surface area contributed by atoms with Gasteiger partial charge in [0.15, 0.2) is 5.66 Å². The van der Waals surface area contributed by atoms with Gasteiger partial charge in [0.2, 0.25) is 0 Å². The summed E-state index contributed by atoms with van der Waals surface area (Å²) in [5.74, 6) is 0. The third kappa shape index (κ3) is 4.33. The molecule has 1 unspecified atom stereocenters. The first-order valence-corrected chi connectivity index (χ1v) is 8.19. The van der Waals surface area contributed by atoms with Gasteiger partial charge in [-0.25, -0.2) is 0 Å². The van der Waals surface area contributed by atoms with Gasteiger partial charge in [0.25, 0.3) is 0 Å². The van der Waals surface area contributed by atoms with Gasteiger partial charge in [-0.15, -0.1) is 0 Å². The third-order valence-electron chi connectivity index (χ3n) is 4.04. The van der Waals surface area contributed by atoms with Crippen LogP contribution in [0.15, 0.2) is 105 Å². The number of azo groups is 2. The Morgan fingerprint density at radius 3 is 1.92 bits per heavy atom. The Bertz CT molecular complexity index is 806. The van der Waals surface area contributed by atoms with E-state index in [-0.39, 0.29) is 0 Å². The summed E-state index contributed by atoms with van der Waals surface area (Å²) in [5.41, 5.74) is 2.01. The van der Waals surface area contributed by atoms with E-state index in [1.54, 1.807) is 0 Å². The van der Waals surface area contributed by atoms with Gasteiger partial charge < -0.3 is 0 Å². The van der Waals surface area contributed by atoms with Crippen LogP contribution in [0.4, 0.5) is 11.4 Å². The van der Waals surface area contributed by atoms with Gasteiger partial charge in [0.05, 0.1) is 17.1 Å². The average Bonchev–Trinajstić information content (AvgIpc) is 2.67. The zero-order chi connectivity index (χ0) is 17.5. The molecule has 5 nitrogen and oxygen atoms in total. The summed E-state index contributed by atoms with van der Waals surface area (Å²) in [6.45, 7) is 0. The maximum absolute atomic E-state index is 4.58. The molecule has 0 spiro atoms. The van der Waals surface area contributed by atoms with Gasteiger partial charge in [0, 0.05) is 6.42 Å².